The number of carbonyl (C=O) groups is 2. The van der Waals surface area contributed by atoms with E-state index in [0.717, 1.165) is 41.7 Å². The van der Waals surface area contributed by atoms with Crippen LogP contribution in [0.5, 0.6) is 0 Å². The fourth-order valence-electron chi connectivity index (χ4n) is 2.86. The van der Waals surface area contributed by atoms with Crippen LogP contribution >= 0.6 is 27.7 Å². The summed E-state index contributed by atoms with van der Waals surface area (Å²) in [6.45, 7) is 1.72. The lowest BCUT2D eigenvalue weighted by Crippen LogP contribution is -2.29. The molecule has 1 aliphatic heterocycles. The molecule has 26 heavy (non-hydrogen) atoms. The summed E-state index contributed by atoms with van der Waals surface area (Å²) in [7, 11) is 1.36. The van der Waals surface area contributed by atoms with E-state index in [0.29, 0.717) is 10.9 Å². The first-order valence-corrected chi connectivity index (χ1v) is 10.1. The summed E-state index contributed by atoms with van der Waals surface area (Å²) in [5.41, 5.74) is 1.77. The van der Waals surface area contributed by atoms with Crippen LogP contribution in [0.15, 0.2) is 40.1 Å². The van der Waals surface area contributed by atoms with E-state index in [9.17, 15) is 9.59 Å². The minimum absolute atomic E-state index is 0.0577. The molecular formula is C18H20BrN3O3S. The molecular weight excluding hydrogens is 418 g/mol. The van der Waals surface area contributed by atoms with Gasteiger partial charge in [-0.15, -0.1) is 0 Å². The molecule has 1 amide bonds. The first kappa shape index (κ1) is 19.0. The minimum atomic E-state index is -0.353. The van der Waals surface area contributed by atoms with Crippen molar-refractivity contribution in [3.05, 3.63) is 34.9 Å². The van der Waals surface area contributed by atoms with Gasteiger partial charge < -0.3 is 14.2 Å². The maximum atomic E-state index is 12.3. The van der Waals surface area contributed by atoms with Gasteiger partial charge in [-0.3, -0.25) is 9.59 Å². The molecule has 1 saturated heterocycles. The van der Waals surface area contributed by atoms with Gasteiger partial charge >= 0.3 is 5.97 Å². The van der Waals surface area contributed by atoms with Crippen molar-refractivity contribution < 1.29 is 14.3 Å². The number of amides is 1. The van der Waals surface area contributed by atoms with Crippen LogP contribution in [0.1, 0.15) is 12.8 Å². The molecule has 0 aliphatic carbocycles. The van der Waals surface area contributed by atoms with Crippen molar-refractivity contribution >= 4 is 39.6 Å². The second kappa shape index (κ2) is 8.73. The first-order valence-electron chi connectivity index (χ1n) is 8.37. The molecule has 1 aromatic heterocycles. The van der Waals surface area contributed by atoms with E-state index in [-0.39, 0.29) is 18.4 Å². The minimum Gasteiger partial charge on any atom is -0.468 e. The Hall–Kier alpha value is -1.80. The quantitative estimate of drug-likeness (QED) is 0.512. The van der Waals surface area contributed by atoms with Gasteiger partial charge in [-0.2, -0.15) is 0 Å². The highest BCUT2D eigenvalue weighted by atomic mass is 79.9. The molecule has 0 bridgehead atoms. The SMILES string of the molecule is COC(=O)Cn1c(-c2ccc(Br)cc2)cnc1SCC(=O)N1CCCC1. The Bertz CT molecular complexity index is 785. The van der Waals surface area contributed by atoms with Crippen LogP contribution in [0.25, 0.3) is 11.3 Å². The number of hydrogen-bond acceptors (Lipinski definition) is 5. The van der Waals surface area contributed by atoms with Crippen LogP contribution in [0, 0.1) is 0 Å². The van der Waals surface area contributed by atoms with Crippen LogP contribution in [0.4, 0.5) is 0 Å². The second-order valence-electron chi connectivity index (χ2n) is 5.97. The number of nitrogens with zero attached hydrogens (tertiary/aromatic N) is 3. The molecule has 0 unspecified atom stereocenters. The highest BCUT2D eigenvalue weighted by molar-refractivity contribution is 9.10. The maximum Gasteiger partial charge on any atom is 0.325 e. The number of benzene rings is 1. The van der Waals surface area contributed by atoms with Gasteiger partial charge in [0, 0.05) is 17.6 Å². The molecule has 2 heterocycles. The van der Waals surface area contributed by atoms with Crippen LogP contribution in [0.2, 0.25) is 0 Å². The molecule has 0 radical (unpaired) electrons. The smallest absolute Gasteiger partial charge is 0.325 e. The third-order valence-electron chi connectivity index (χ3n) is 4.26. The Labute approximate surface area is 165 Å². The van der Waals surface area contributed by atoms with Gasteiger partial charge in [0.25, 0.3) is 0 Å². The molecule has 0 spiro atoms. The van der Waals surface area contributed by atoms with Gasteiger partial charge in [0.2, 0.25) is 5.91 Å². The summed E-state index contributed by atoms with van der Waals surface area (Å²) in [6.07, 6.45) is 3.87. The molecule has 1 aromatic carbocycles. The largest absolute Gasteiger partial charge is 0.468 e. The Kier molecular flexibility index (Phi) is 6.37. The molecule has 6 nitrogen and oxygen atoms in total. The molecule has 138 valence electrons. The zero-order valence-electron chi connectivity index (χ0n) is 14.5. The molecule has 1 fully saturated rings. The molecule has 8 heteroatoms. The number of thioether (sulfide) groups is 1. The van der Waals surface area contributed by atoms with E-state index in [2.05, 4.69) is 20.9 Å². The van der Waals surface area contributed by atoms with Crippen molar-refractivity contribution in [1.82, 2.24) is 14.5 Å². The summed E-state index contributed by atoms with van der Waals surface area (Å²) in [6, 6.07) is 7.79. The Morgan fingerprint density at radius 1 is 1.23 bits per heavy atom. The van der Waals surface area contributed by atoms with Gasteiger partial charge in [0.1, 0.15) is 6.54 Å². The Morgan fingerprint density at radius 3 is 2.58 bits per heavy atom. The van der Waals surface area contributed by atoms with Crippen molar-refractivity contribution in [1.29, 1.82) is 0 Å². The van der Waals surface area contributed by atoms with Crippen LogP contribution in [0.3, 0.4) is 0 Å². The van der Waals surface area contributed by atoms with Gasteiger partial charge in [0.05, 0.1) is 24.8 Å². The van der Waals surface area contributed by atoms with Gasteiger partial charge in [-0.05, 0) is 30.5 Å². The average Bonchev–Trinajstić information content (AvgIpc) is 3.31. The Morgan fingerprint density at radius 2 is 1.92 bits per heavy atom. The van der Waals surface area contributed by atoms with Crippen molar-refractivity contribution in [3.8, 4) is 11.3 Å². The molecule has 2 aromatic rings. The number of aromatic nitrogens is 2. The number of halogens is 1. The Balaban J connectivity index is 1.80. The lowest BCUT2D eigenvalue weighted by atomic mass is 10.2. The molecule has 3 rings (SSSR count). The predicted molar refractivity (Wildman–Crippen MR) is 104 cm³/mol. The normalized spacial score (nSPS) is 13.8. The predicted octanol–water partition coefficient (Wildman–Crippen LogP) is 3.20. The zero-order chi connectivity index (χ0) is 18.5. The van der Waals surface area contributed by atoms with Crippen LogP contribution in [-0.2, 0) is 20.9 Å². The number of carbonyl (C=O) groups excluding carboxylic acids is 2. The van der Waals surface area contributed by atoms with Crippen molar-refractivity contribution in [2.24, 2.45) is 0 Å². The van der Waals surface area contributed by atoms with E-state index in [1.807, 2.05) is 29.2 Å². The van der Waals surface area contributed by atoms with E-state index in [1.54, 1.807) is 10.8 Å². The molecule has 0 saturated carbocycles. The number of likely N-dealkylation sites (tertiary alicyclic amines) is 1. The fourth-order valence-corrected chi connectivity index (χ4v) is 4.00. The van der Waals surface area contributed by atoms with Crippen LogP contribution in [-0.4, -0.2) is 52.3 Å². The van der Waals surface area contributed by atoms with E-state index in [4.69, 9.17) is 4.74 Å². The zero-order valence-corrected chi connectivity index (χ0v) is 16.9. The number of methoxy groups -OCH3 is 1. The topological polar surface area (TPSA) is 64.4 Å². The van der Waals surface area contributed by atoms with Gasteiger partial charge in [-0.25, -0.2) is 4.98 Å². The number of esters is 1. The lowest BCUT2D eigenvalue weighted by Gasteiger charge is -2.15. The lowest BCUT2D eigenvalue weighted by molar-refractivity contribution is -0.141. The van der Waals surface area contributed by atoms with Gasteiger partial charge in [0.15, 0.2) is 5.16 Å². The van der Waals surface area contributed by atoms with E-state index in [1.165, 1.54) is 18.9 Å². The molecule has 1 aliphatic rings. The number of hydrogen-bond donors (Lipinski definition) is 0. The number of imidazole rings is 1. The third-order valence-corrected chi connectivity index (χ3v) is 5.76. The summed E-state index contributed by atoms with van der Waals surface area (Å²) >= 11 is 4.78. The van der Waals surface area contributed by atoms with Gasteiger partial charge in [-0.1, -0.05) is 39.8 Å². The van der Waals surface area contributed by atoms with Crippen molar-refractivity contribution in [2.45, 2.75) is 24.5 Å². The second-order valence-corrected chi connectivity index (χ2v) is 7.83. The highest BCUT2D eigenvalue weighted by Gasteiger charge is 2.20. The summed E-state index contributed by atoms with van der Waals surface area (Å²) in [5.74, 6) is 0.0807. The third kappa shape index (κ3) is 4.48. The summed E-state index contributed by atoms with van der Waals surface area (Å²) in [4.78, 5) is 30.5. The highest BCUT2D eigenvalue weighted by Crippen LogP contribution is 2.27. The summed E-state index contributed by atoms with van der Waals surface area (Å²) in [5, 5.41) is 0.640. The van der Waals surface area contributed by atoms with Crippen molar-refractivity contribution in [2.75, 3.05) is 26.0 Å². The molecule has 0 N–H and O–H groups in total. The fraction of sp³-hybridized carbons (Fsp3) is 0.389. The van der Waals surface area contributed by atoms with Crippen LogP contribution < -0.4 is 0 Å². The number of ether oxygens (including phenoxy) is 1. The van der Waals surface area contributed by atoms with E-state index >= 15 is 0 Å². The van der Waals surface area contributed by atoms with E-state index < -0.39 is 0 Å². The summed E-state index contributed by atoms with van der Waals surface area (Å²) < 4.78 is 7.60. The first-order chi connectivity index (χ1) is 12.6. The monoisotopic (exact) mass is 437 g/mol. The van der Waals surface area contributed by atoms with Crippen molar-refractivity contribution in [3.63, 3.8) is 0 Å². The maximum absolute atomic E-state index is 12.3. The standard InChI is InChI=1S/C18H20BrN3O3S/c1-25-17(24)11-22-15(13-4-6-14(19)7-5-13)10-20-18(22)26-12-16(23)21-8-2-3-9-21/h4-7,10H,2-3,8-9,11-12H2,1H3. The number of rotatable bonds is 6. The average molecular weight is 438 g/mol. The molecule has 0 atom stereocenters.